The van der Waals surface area contributed by atoms with Crippen molar-refractivity contribution in [3.63, 3.8) is 0 Å². The van der Waals surface area contributed by atoms with Crippen molar-refractivity contribution in [3.8, 4) is 0 Å². The van der Waals surface area contributed by atoms with E-state index in [4.69, 9.17) is 4.74 Å². The Bertz CT molecular complexity index is 301. The highest BCUT2D eigenvalue weighted by Crippen LogP contribution is 2.13. The Morgan fingerprint density at radius 1 is 1.67 bits per heavy atom. The third-order valence-corrected chi connectivity index (χ3v) is 2.57. The van der Waals surface area contributed by atoms with Crippen LogP contribution in [0, 0.1) is 0 Å². The zero-order valence-corrected chi connectivity index (χ0v) is 10.0. The molecule has 4 nitrogen and oxygen atoms in total. The first kappa shape index (κ1) is 12.1. The van der Waals surface area contributed by atoms with Crippen molar-refractivity contribution in [2.45, 2.75) is 25.8 Å². The van der Waals surface area contributed by atoms with Crippen molar-refractivity contribution >= 4 is 16.7 Å². The fraction of sp³-hybridized carbons (Fsp3) is 0.600. The summed E-state index contributed by atoms with van der Waals surface area (Å²) in [6, 6.07) is 0.353. The minimum absolute atomic E-state index is 0.353. The summed E-state index contributed by atoms with van der Waals surface area (Å²) in [5.41, 5.74) is 0. The molecule has 15 heavy (non-hydrogen) atoms. The van der Waals surface area contributed by atoms with E-state index in [0.717, 1.165) is 23.8 Å². The Hall–Kier alpha value is -0.940. The molecule has 1 rings (SSSR count). The van der Waals surface area contributed by atoms with E-state index in [2.05, 4.69) is 28.2 Å². The number of rotatable bonds is 7. The van der Waals surface area contributed by atoms with Gasteiger partial charge in [-0.25, -0.2) is 4.98 Å². The molecular formula is C10H17N3OS. The fourth-order valence-electron chi connectivity index (χ4n) is 1.13. The Labute approximate surface area is 94.5 Å². The van der Waals surface area contributed by atoms with Gasteiger partial charge in [0.1, 0.15) is 5.82 Å². The van der Waals surface area contributed by atoms with Crippen LogP contribution in [0.25, 0.3) is 0 Å². The predicted octanol–water partition coefficient (Wildman–Crippen LogP) is 2.10. The van der Waals surface area contributed by atoms with Gasteiger partial charge in [0.25, 0.3) is 0 Å². The molecule has 1 unspecified atom stereocenters. The SMILES string of the molecule is C=CCC(C)Nc1nc(CCOC)ns1. The molecular weight excluding hydrogens is 210 g/mol. The molecule has 84 valence electrons. The number of methoxy groups -OCH3 is 1. The Morgan fingerprint density at radius 2 is 2.47 bits per heavy atom. The van der Waals surface area contributed by atoms with Crippen LogP contribution < -0.4 is 5.32 Å². The number of hydrogen-bond acceptors (Lipinski definition) is 5. The van der Waals surface area contributed by atoms with Crippen molar-refractivity contribution in [2.75, 3.05) is 19.0 Å². The normalized spacial score (nSPS) is 12.4. The topological polar surface area (TPSA) is 47.0 Å². The van der Waals surface area contributed by atoms with Gasteiger partial charge in [-0.15, -0.1) is 6.58 Å². The maximum absolute atomic E-state index is 4.97. The number of nitrogens with one attached hydrogen (secondary N) is 1. The van der Waals surface area contributed by atoms with Crippen molar-refractivity contribution in [2.24, 2.45) is 0 Å². The first-order chi connectivity index (χ1) is 7.26. The molecule has 0 aliphatic rings. The molecule has 0 bridgehead atoms. The third-order valence-electron chi connectivity index (χ3n) is 1.89. The Morgan fingerprint density at radius 3 is 3.13 bits per heavy atom. The fourth-order valence-corrected chi connectivity index (χ4v) is 1.85. The highest BCUT2D eigenvalue weighted by molar-refractivity contribution is 7.09. The van der Waals surface area contributed by atoms with E-state index < -0.39 is 0 Å². The number of anilines is 1. The van der Waals surface area contributed by atoms with Gasteiger partial charge in [-0.3, -0.25) is 0 Å². The number of ether oxygens (including phenoxy) is 1. The van der Waals surface area contributed by atoms with Gasteiger partial charge in [-0.2, -0.15) is 4.37 Å². The van der Waals surface area contributed by atoms with Crippen LogP contribution in [0.5, 0.6) is 0 Å². The molecule has 1 aromatic heterocycles. The summed E-state index contributed by atoms with van der Waals surface area (Å²) in [5.74, 6) is 0.843. The Kier molecular flexibility index (Phi) is 5.28. The zero-order chi connectivity index (χ0) is 11.1. The van der Waals surface area contributed by atoms with E-state index in [9.17, 15) is 0 Å². The third kappa shape index (κ3) is 4.40. The van der Waals surface area contributed by atoms with Gasteiger partial charge in [0.2, 0.25) is 5.13 Å². The van der Waals surface area contributed by atoms with Gasteiger partial charge < -0.3 is 10.1 Å². The molecule has 0 spiro atoms. The van der Waals surface area contributed by atoms with Gasteiger partial charge >= 0.3 is 0 Å². The van der Waals surface area contributed by atoms with Crippen LogP contribution in [0.15, 0.2) is 12.7 Å². The predicted molar refractivity (Wildman–Crippen MR) is 63.4 cm³/mol. The number of nitrogens with zero attached hydrogens (tertiary/aromatic N) is 2. The minimum atomic E-state index is 0.353. The standard InChI is InChI=1S/C10H17N3OS/c1-4-5-8(2)11-10-12-9(13-15-10)6-7-14-3/h4,8H,1,5-7H2,2-3H3,(H,11,12,13). The van der Waals surface area contributed by atoms with Crippen LogP contribution in [0.2, 0.25) is 0 Å². The molecule has 1 N–H and O–H groups in total. The molecule has 0 radical (unpaired) electrons. The second-order valence-electron chi connectivity index (χ2n) is 3.33. The minimum Gasteiger partial charge on any atom is -0.384 e. The molecule has 0 aliphatic carbocycles. The van der Waals surface area contributed by atoms with Crippen LogP contribution in [0.4, 0.5) is 5.13 Å². The quantitative estimate of drug-likeness (QED) is 0.725. The highest BCUT2D eigenvalue weighted by atomic mass is 32.1. The van der Waals surface area contributed by atoms with E-state index in [-0.39, 0.29) is 0 Å². The average Bonchev–Trinajstić information content (AvgIpc) is 2.63. The molecule has 0 aliphatic heterocycles. The van der Waals surface area contributed by atoms with Crippen molar-refractivity contribution in [1.82, 2.24) is 9.36 Å². The van der Waals surface area contributed by atoms with Gasteiger partial charge in [0, 0.05) is 31.1 Å². The molecule has 1 heterocycles. The maximum atomic E-state index is 4.97. The maximum Gasteiger partial charge on any atom is 0.202 e. The molecule has 0 saturated carbocycles. The lowest BCUT2D eigenvalue weighted by atomic mass is 10.2. The van der Waals surface area contributed by atoms with Crippen LogP contribution in [0.1, 0.15) is 19.2 Å². The monoisotopic (exact) mass is 227 g/mol. The van der Waals surface area contributed by atoms with Crippen LogP contribution >= 0.6 is 11.5 Å². The summed E-state index contributed by atoms with van der Waals surface area (Å²) in [7, 11) is 1.68. The van der Waals surface area contributed by atoms with Crippen molar-refractivity contribution in [1.29, 1.82) is 0 Å². The summed E-state index contributed by atoms with van der Waals surface area (Å²) in [6.45, 7) is 6.46. The summed E-state index contributed by atoms with van der Waals surface area (Å²) in [5, 5.41) is 4.14. The van der Waals surface area contributed by atoms with Crippen LogP contribution in [-0.4, -0.2) is 29.1 Å². The van der Waals surface area contributed by atoms with Crippen LogP contribution in [0.3, 0.4) is 0 Å². The summed E-state index contributed by atoms with van der Waals surface area (Å²) in [4.78, 5) is 4.35. The zero-order valence-electron chi connectivity index (χ0n) is 9.19. The first-order valence-corrected chi connectivity index (χ1v) is 5.72. The molecule has 0 aromatic carbocycles. The lowest BCUT2D eigenvalue weighted by Gasteiger charge is -2.08. The second-order valence-corrected chi connectivity index (χ2v) is 4.08. The molecule has 0 fully saturated rings. The van der Waals surface area contributed by atoms with Crippen LogP contribution in [-0.2, 0) is 11.2 Å². The van der Waals surface area contributed by atoms with E-state index >= 15 is 0 Å². The second kappa shape index (κ2) is 6.53. The van der Waals surface area contributed by atoms with Crippen molar-refractivity contribution < 1.29 is 4.74 Å². The van der Waals surface area contributed by atoms with Gasteiger partial charge in [-0.1, -0.05) is 6.08 Å². The number of aromatic nitrogens is 2. The number of hydrogen-bond donors (Lipinski definition) is 1. The first-order valence-electron chi connectivity index (χ1n) is 4.95. The molecule has 1 atom stereocenters. The van der Waals surface area contributed by atoms with E-state index in [1.54, 1.807) is 7.11 Å². The van der Waals surface area contributed by atoms with Crippen molar-refractivity contribution in [3.05, 3.63) is 18.5 Å². The summed E-state index contributed by atoms with van der Waals surface area (Å²) >= 11 is 1.39. The summed E-state index contributed by atoms with van der Waals surface area (Å²) in [6.07, 6.45) is 3.59. The smallest absolute Gasteiger partial charge is 0.202 e. The Balaban J connectivity index is 2.41. The molecule has 0 saturated heterocycles. The lowest BCUT2D eigenvalue weighted by molar-refractivity contribution is 0.201. The lowest BCUT2D eigenvalue weighted by Crippen LogP contribution is -2.13. The molecule has 0 amide bonds. The highest BCUT2D eigenvalue weighted by Gasteiger charge is 2.05. The van der Waals surface area contributed by atoms with E-state index in [1.165, 1.54) is 11.5 Å². The molecule has 1 aromatic rings. The average molecular weight is 227 g/mol. The van der Waals surface area contributed by atoms with Gasteiger partial charge in [0.15, 0.2) is 0 Å². The summed E-state index contributed by atoms with van der Waals surface area (Å²) < 4.78 is 9.19. The van der Waals surface area contributed by atoms with Gasteiger partial charge in [-0.05, 0) is 13.3 Å². The molecule has 5 heteroatoms. The van der Waals surface area contributed by atoms with E-state index in [1.807, 2.05) is 6.08 Å². The largest absolute Gasteiger partial charge is 0.384 e. The van der Waals surface area contributed by atoms with Gasteiger partial charge in [0.05, 0.1) is 6.61 Å². The van der Waals surface area contributed by atoms with E-state index in [0.29, 0.717) is 12.6 Å².